The van der Waals surface area contributed by atoms with Crippen LogP contribution in [-0.4, -0.2) is 9.77 Å². The van der Waals surface area contributed by atoms with E-state index in [-0.39, 0.29) is 39.2 Å². The Morgan fingerprint density at radius 2 is 1.97 bits per heavy atom. The highest BCUT2D eigenvalue weighted by atomic mass is 16.8. The number of pyridine rings is 1. The number of nitriles is 1. The summed E-state index contributed by atoms with van der Waals surface area (Å²) in [6, 6.07) is 19.3. The zero-order chi connectivity index (χ0) is 22.1. The summed E-state index contributed by atoms with van der Waals surface area (Å²) in [5.41, 5.74) is 8.04. The molecule has 0 spiro atoms. The highest BCUT2D eigenvalue weighted by Crippen LogP contribution is 2.41. The van der Waals surface area contributed by atoms with Gasteiger partial charge in [0.2, 0.25) is 5.88 Å². The summed E-state index contributed by atoms with van der Waals surface area (Å²) >= 11 is 0. The molecule has 156 valence electrons. The van der Waals surface area contributed by atoms with Gasteiger partial charge in [-0.1, -0.05) is 42.5 Å². The van der Waals surface area contributed by atoms with E-state index in [4.69, 9.17) is 10.5 Å². The standard InChI is InChI=1S/C23H19N4O4/c1-14-10-19-21(23(28)26(14)13-15-6-3-2-4-7-15)20(18(12-24)22(25)31-19)16-8-5-9-17(11-16)27(29)30/h2-11,20,29H,13,25H2,1H3/q-1/t20-/m1/s1. The molecule has 4 rings (SSSR count). The number of nitrogens with two attached hydrogens (primary N) is 1. The third-order valence-corrected chi connectivity index (χ3v) is 5.30. The first kappa shape index (κ1) is 20.2. The number of aromatic nitrogens is 1. The van der Waals surface area contributed by atoms with Crippen molar-refractivity contribution < 1.29 is 9.94 Å². The Bertz CT molecular complexity index is 1270. The molecule has 1 atom stereocenters. The molecule has 2 aromatic carbocycles. The van der Waals surface area contributed by atoms with Crippen LogP contribution in [0.15, 0.2) is 76.9 Å². The second kappa shape index (κ2) is 7.99. The van der Waals surface area contributed by atoms with Crippen molar-refractivity contribution in [2.24, 2.45) is 5.73 Å². The van der Waals surface area contributed by atoms with Crippen molar-refractivity contribution in [2.75, 3.05) is 5.23 Å². The molecule has 8 heteroatoms. The van der Waals surface area contributed by atoms with Gasteiger partial charge in [-0.05, 0) is 30.2 Å². The van der Waals surface area contributed by atoms with Crippen LogP contribution in [0.4, 0.5) is 5.69 Å². The normalized spacial score (nSPS) is 15.1. The van der Waals surface area contributed by atoms with Crippen molar-refractivity contribution in [3.63, 3.8) is 0 Å². The Balaban J connectivity index is 1.93. The molecule has 0 fully saturated rings. The number of aryl methyl sites for hydroxylation is 1. The smallest absolute Gasteiger partial charge is 0.259 e. The summed E-state index contributed by atoms with van der Waals surface area (Å²) in [6.45, 7) is 2.14. The van der Waals surface area contributed by atoms with Gasteiger partial charge < -0.3 is 25.5 Å². The van der Waals surface area contributed by atoms with Gasteiger partial charge in [-0.15, -0.1) is 0 Å². The lowest BCUT2D eigenvalue weighted by Gasteiger charge is -2.28. The van der Waals surface area contributed by atoms with Crippen LogP contribution in [0.1, 0.15) is 28.3 Å². The number of rotatable bonds is 4. The van der Waals surface area contributed by atoms with Crippen molar-refractivity contribution in [3.05, 3.63) is 110 Å². The van der Waals surface area contributed by atoms with E-state index in [1.165, 1.54) is 12.1 Å². The molecular formula is C23H19N4O4-. The summed E-state index contributed by atoms with van der Waals surface area (Å²) in [5, 5.41) is 30.2. The molecule has 3 N–H and O–H groups in total. The number of hydrogen-bond acceptors (Lipinski definition) is 7. The largest absolute Gasteiger partial charge is 0.733 e. The molecule has 0 bridgehead atoms. The predicted octanol–water partition coefficient (Wildman–Crippen LogP) is 3.12. The molecule has 0 saturated heterocycles. The van der Waals surface area contributed by atoms with E-state index < -0.39 is 5.92 Å². The summed E-state index contributed by atoms with van der Waals surface area (Å²) in [7, 11) is 0. The molecule has 1 aromatic heterocycles. The number of anilines is 1. The van der Waals surface area contributed by atoms with E-state index >= 15 is 0 Å². The Hall–Kier alpha value is -4.06. The highest BCUT2D eigenvalue weighted by Gasteiger charge is 2.34. The van der Waals surface area contributed by atoms with Crippen LogP contribution in [0.5, 0.6) is 5.75 Å². The van der Waals surface area contributed by atoms with Gasteiger partial charge in [0.15, 0.2) is 0 Å². The number of nitrogens with zero attached hydrogens (tertiary/aromatic N) is 3. The van der Waals surface area contributed by atoms with Crippen LogP contribution >= 0.6 is 0 Å². The van der Waals surface area contributed by atoms with Gasteiger partial charge in [0, 0.05) is 11.8 Å². The van der Waals surface area contributed by atoms with Crippen molar-refractivity contribution in [1.29, 1.82) is 5.26 Å². The second-order valence-corrected chi connectivity index (χ2v) is 7.23. The lowest BCUT2D eigenvalue weighted by atomic mass is 9.84. The van der Waals surface area contributed by atoms with E-state index in [0.29, 0.717) is 17.8 Å². The fraction of sp³-hybridized carbons (Fsp3) is 0.130. The predicted molar refractivity (Wildman–Crippen MR) is 114 cm³/mol. The molecule has 31 heavy (non-hydrogen) atoms. The minimum absolute atomic E-state index is 0.0295. The van der Waals surface area contributed by atoms with E-state index in [1.807, 2.05) is 36.4 Å². The molecule has 8 nitrogen and oxygen atoms in total. The van der Waals surface area contributed by atoms with Crippen LogP contribution < -0.4 is 21.3 Å². The molecule has 1 aliphatic heterocycles. The van der Waals surface area contributed by atoms with Crippen LogP contribution in [0.2, 0.25) is 0 Å². The summed E-state index contributed by atoms with van der Waals surface area (Å²) in [4.78, 5) is 13.6. The maximum atomic E-state index is 13.6. The Labute approximate surface area is 178 Å². The summed E-state index contributed by atoms with van der Waals surface area (Å²) in [6.07, 6.45) is 0. The third-order valence-electron chi connectivity index (χ3n) is 5.30. The number of hydrogen-bond donors (Lipinski definition) is 2. The molecule has 1 aliphatic rings. The number of allylic oxidation sites excluding steroid dienone is 1. The van der Waals surface area contributed by atoms with Gasteiger partial charge in [-0.2, -0.15) is 5.26 Å². The van der Waals surface area contributed by atoms with Gasteiger partial charge in [-0.3, -0.25) is 10.0 Å². The summed E-state index contributed by atoms with van der Waals surface area (Å²) < 4.78 is 7.24. The molecule has 0 radical (unpaired) electrons. The molecule has 2 heterocycles. The van der Waals surface area contributed by atoms with E-state index in [2.05, 4.69) is 0 Å². The first-order chi connectivity index (χ1) is 14.9. The fourth-order valence-corrected chi connectivity index (χ4v) is 3.81. The topological polar surface area (TPSA) is 128 Å². The molecule has 0 saturated carbocycles. The van der Waals surface area contributed by atoms with Crippen molar-refractivity contribution in [3.8, 4) is 11.8 Å². The Morgan fingerprint density at radius 1 is 1.23 bits per heavy atom. The Morgan fingerprint density at radius 3 is 2.65 bits per heavy atom. The van der Waals surface area contributed by atoms with Crippen molar-refractivity contribution in [2.45, 2.75) is 19.4 Å². The van der Waals surface area contributed by atoms with Crippen LogP contribution in [0.3, 0.4) is 0 Å². The lowest BCUT2D eigenvalue weighted by molar-refractivity contribution is 0.296. The molecule has 3 aromatic rings. The Kier molecular flexibility index (Phi) is 5.21. The maximum Gasteiger partial charge on any atom is 0.259 e. The zero-order valence-corrected chi connectivity index (χ0v) is 16.6. The van der Waals surface area contributed by atoms with Crippen LogP contribution in [0, 0.1) is 23.5 Å². The highest BCUT2D eigenvalue weighted by molar-refractivity contribution is 5.58. The third kappa shape index (κ3) is 3.64. The van der Waals surface area contributed by atoms with Crippen molar-refractivity contribution >= 4 is 5.69 Å². The average Bonchev–Trinajstić information content (AvgIpc) is 2.76. The first-order valence-corrected chi connectivity index (χ1v) is 9.52. The summed E-state index contributed by atoms with van der Waals surface area (Å²) in [5.74, 6) is -0.682. The second-order valence-electron chi connectivity index (χ2n) is 7.23. The average molecular weight is 415 g/mol. The number of ether oxygens (including phenoxy) is 1. The lowest BCUT2D eigenvalue weighted by Crippen LogP contribution is -2.33. The van der Waals surface area contributed by atoms with Gasteiger partial charge in [-0.25, -0.2) is 0 Å². The number of fused-ring (bicyclic) bond motifs is 1. The van der Waals surface area contributed by atoms with Gasteiger partial charge >= 0.3 is 0 Å². The minimum Gasteiger partial charge on any atom is -0.733 e. The SMILES string of the molecule is Cc1cc2c(c(=O)n1Cc1ccccc1)[C@H](c1cccc(N([O-])O)c1)C(C#N)=C(N)O2. The molecule has 0 aliphatic carbocycles. The van der Waals surface area contributed by atoms with E-state index in [9.17, 15) is 20.5 Å². The van der Waals surface area contributed by atoms with Gasteiger partial charge in [0.25, 0.3) is 5.56 Å². The molecular weight excluding hydrogens is 396 g/mol. The van der Waals surface area contributed by atoms with Gasteiger partial charge in [0.1, 0.15) is 17.4 Å². The zero-order valence-electron chi connectivity index (χ0n) is 16.6. The van der Waals surface area contributed by atoms with Crippen molar-refractivity contribution in [1.82, 2.24) is 4.57 Å². The monoisotopic (exact) mass is 415 g/mol. The first-order valence-electron chi connectivity index (χ1n) is 9.52. The van der Waals surface area contributed by atoms with Crippen LogP contribution in [-0.2, 0) is 6.54 Å². The number of benzene rings is 2. The van der Waals surface area contributed by atoms with Gasteiger partial charge in [0.05, 0.1) is 23.7 Å². The maximum absolute atomic E-state index is 13.6. The molecule has 0 amide bonds. The van der Waals surface area contributed by atoms with Crippen LogP contribution in [0.25, 0.3) is 0 Å². The molecule has 0 unspecified atom stereocenters. The minimum atomic E-state index is -0.844. The fourth-order valence-electron chi connectivity index (χ4n) is 3.81. The van der Waals surface area contributed by atoms with E-state index in [1.54, 1.807) is 29.7 Å². The quantitative estimate of drug-likeness (QED) is 0.627. The van der Waals surface area contributed by atoms with E-state index in [0.717, 1.165) is 5.56 Å².